The molecule has 3 N–H and O–H groups in total. The highest BCUT2D eigenvalue weighted by Crippen LogP contribution is 2.37. The molecule has 2 aromatic carbocycles. The molecule has 4 atom stereocenters. The molecule has 1 aliphatic rings. The summed E-state index contributed by atoms with van der Waals surface area (Å²) < 4.78 is 69.1. The molecule has 0 aliphatic carbocycles. The summed E-state index contributed by atoms with van der Waals surface area (Å²) in [6.45, 7) is 8.51. The van der Waals surface area contributed by atoms with Crippen LogP contribution in [0.3, 0.4) is 0 Å². The fourth-order valence-electron chi connectivity index (χ4n) is 4.76. The highest BCUT2D eigenvalue weighted by Gasteiger charge is 2.43. The highest BCUT2D eigenvalue weighted by molar-refractivity contribution is 5.81. The number of ether oxygens (including phenoxy) is 1. The van der Waals surface area contributed by atoms with Crippen molar-refractivity contribution in [3.63, 3.8) is 0 Å². The van der Waals surface area contributed by atoms with Gasteiger partial charge in [0.25, 0.3) is 0 Å². The van der Waals surface area contributed by atoms with E-state index in [0.29, 0.717) is 18.7 Å². The van der Waals surface area contributed by atoms with Crippen molar-refractivity contribution in [3.05, 3.63) is 65.2 Å². The van der Waals surface area contributed by atoms with E-state index in [4.69, 9.17) is 0 Å². The van der Waals surface area contributed by atoms with Crippen LogP contribution in [-0.2, 0) is 16.0 Å². The summed E-state index contributed by atoms with van der Waals surface area (Å²) in [5.74, 6) is -4.45. The lowest BCUT2D eigenvalue weighted by Crippen LogP contribution is -2.48. The number of carboxylic acid groups (broad SMARTS) is 1. The topological polar surface area (TPSA) is 90.9 Å². The van der Waals surface area contributed by atoms with Crippen molar-refractivity contribution in [2.75, 3.05) is 19.6 Å². The van der Waals surface area contributed by atoms with Crippen LogP contribution in [0.5, 0.6) is 5.75 Å². The average molecular weight is 572 g/mol. The fourth-order valence-corrected chi connectivity index (χ4v) is 4.76. The molecule has 12 heteroatoms. The smallest absolute Gasteiger partial charge is 0.480 e. The average Bonchev–Trinajstić information content (AvgIpc) is 3.27. The predicted molar refractivity (Wildman–Crippen MR) is 138 cm³/mol. The highest BCUT2D eigenvalue weighted by atomic mass is 19.4. The molecular formula is C28H34F5N3O4. The largest absolute Gasteiger partial charge is 0.573 e. The Labute approximate surface area is 229 Å². The maximum atomic E-state index is 14.7. The molecular weight excluding hydrogens is 537 g/mol. The number of hydrogen-bond donors (Lipinski definition) is 3. The summed E-state index contributed by atoms with van der Waals surface area (Å²) in [4.78, 5) is 27.2. The molecule has 7 nitrogen and oxygen atoms in total. The van der Waals surface area contributed by atoms with Gasteiger partial charge in [-0.2, -0.15) is 0 Å². The number of nitrogens with zero attached hydrogens (tertiary/aromatic N) is 1. The Balaban J connectivity index is 1.63. The zero-order valence-corrected chi connectivity index (χ0v) is 22.7. The lowest BCUT2D eigenvalue weighted by atomic mass is 9.87. The first kappa shape index (κ1) is 31.3. The van der Waals surface area contributed by atoms with E-state index >= 15 is 0 Å². The van der Waals surface area contributed by atoms with Crippen LogP contribution < -0.4 is 15.4 Å². The van der Waals surface area contributed by atoms with Crippen LogP contribution in [-0.4, -0.2) is 65.5 Å². The monoisotopic (exact) mass is 571 g/mol. The number of hydrogen-bond acceptors (Lipinski definition) is 5. The van der Waals surface area contributed by atoms with Gasteiger partial charge in [-0.05, 0) is 63.4 Å². The lowest BCUT2D eigenvalue weighted by molar-refractivity contribution is -0.274. The second kappa shape index (κ2) is 12.5. The van der Waals surface area contributed by atoms with Crippen molar-refractivity contribution in [3.8, 4) is 5.75 Å². The van der Waals surface area contributed by atoms with Gasteiger partial charge in [-0.1, -0.05) is 18.2 Å². The Morgan fingerprint density at radius 1 is 1.07 bits per heavy atom. The molecule has 0 aromatic heterocycles. The van der Waals surface area contributed by atoms with Gasteiger partial charge in [0.05, 0.1) is 5.92 Å². The van der Waals surface area contributed by atoms with Crippen LogP contribution in [0, 0.1) is 17.6 Å². The molecule has 1 fully saturated rings. The minimum absolute atomic E-state index is 0.0165. The lowest BCUT2D eigenvalue weighted by Gasteiger charge is -2.31. The molecule has 0 saturated carbocycles. The number of carbonyl (C=O) groups is 2. The van der Waals surface area contributed by atoms with Crippen LogP contribution in [0.25, 0.3) is 0 Å². The van der Waals surface area contributed by atoms with Crippen LogP contribution in [0.2, 0.25) is 0 Å². The first-order chi connectivity index (χ1) is 18.5. The number of halogens is 5. The third-order valence-corrected chi connectivity index (χ3v) is 6.92. The maximum absolute atomic E-state index is 14.7. The van der Waals surface area contributed by atoms with Crippen LogP contribution in [0.1, 0.15) is 44.7 Å². The Hall–Kier alpha value is -3.25. The van der Waals surface area contributed by atoms with Crippen molar-refractivity contribution >= 4 is 11.9 Å². The number of likely N-dealkylation sites (tertiary alicyclic amines) is 1. The standard InChI is InChI=1S/C28H34F5N3O4/c1-16(13-34-24(26(38)39)11-17-5-8-19(9-6-17)40-28(31,32)33)35-25(37)22-15-36(27(2,3)4)14-21(22)20-10-7-18(29)12-23(20)30/h5-10,12,16,21-22,24,34H,11,13-15H2,1-4H3,(H,35,37)(H,38,39)/t16-,21-,22+,24-/m0/s1. The van der Waals surface area contributed by atoms with Gasteiger partial charge in [-0.25, -0.2) is 8.78 Å². The summed E-state index contributed by atoms with van der Waals surface area (Å²) in [5, 5.41) is 15.4. The van der Waals surface area contributed by atoms with Crippen molar-refractivity contribution in [1.82, 2.24) is 15.5 Å². The number of aliphatic carboxylic acids is 1. The van der Waals surface area contributed by atoms with E-state index in [-0.39, 0.29) is 30.0 Å². The summed E-state index contributed by atoms with van der Waals surface area (Å²) in [6, 6.07) is 6.67. The third-order valence-electron chi connectivity index (χ3n) is 6.92. The molecule has 40 heavy (non-hydrogen) atoms. The number of carboxylic acids is 1. The quantitative estimate of drug-likeness (QED) is 0.365. The minimum Gasteiger partial charge on any atom is -0.480 e. The number of amides is 1. The zero-order chi connectivity index (χ0) is 29.8. The molecule has 220 valence electrons. The maximum Gasteiger partial charge on any atom is 0.573 e. The molecule has 0 radical (unpaired) electrons. The molecule has 1 saturated heterocycles. The van der Waals surface area contributed by atoms with Gasteiger partial charge in [0, 0.05) is 43.2 Å². The number of alkyl halides is 3. The van der Waals surface area contributed by atoms with Gasteiger partial charge in [0.15, 0.2) is 0 Å². The van der Waals surface area contributed by atoms with Crippen LogP contribution >= 0.6 is 0 Å². The Bertz CT molecular complexity index is 1180. The molecule has 2 aromatic rings. The van der Waals surface area contributed by atoms with Crippen molar-refractivity contribution in [2.45, 2.75) is 64.0 Å². The fraction of sp³-hybridized carbons (Fsp3) is 0.500. The Morgan fingerprint density at radius 3 is 2.27 bits per heavy atom. The van der Waals surface area contributed by atoms with E-state index in [9.17, 15) is 36.6 Å². The molecule has 0 spiro atoms. The molecule has 3 rings (SSSR count). The Morgan fingerprint density at radius 2 is 1.73 bits per heavy atom. The Kier molecular flexibility index (Phi) is 9.78. The van der Waals surface area contributed by atoms with Crippen molar-refractivity contribution in [1.29, 1.82) is 0 Å². The minimum atomic E-state index is -4.83. The summed E-state index contributed by atoms with van der Waals surface area (Å²) >= 11 is 0. The van der Waals surface area contributed by atoms with Gasteiger partial charge in [-0.15, -0.1) is 13.2 Å². The molecule has 0 bridgehead atoms. The van der Waals surface area contributed by atoms with Crippen LogP contribution in [0.4, 0.5) is 22.0 Å². The first-order valence-electron chi connectivity index (χ1n) is 12.8. The van der Waals surface area contributed by atoms with Gasteiger partial charge in [-0.3, -0.25) is 14.5 Å². The van der Waals surface area contributed by atoms with E-state index in [2.05, 4.69) is 20.3 Å². The molecule has 1 heterocycles. The first-order valence-corrected chi connectivity index (χ1v) is 12.8. The van der Waals surface area contributed by atoms with Crippen molar-refractivity contribution in [2.24, 2.45) is 5.92 Å². The third kappa shape index (κ3) is 8.62. The van der Waals surface area contributed by atoms with E-state index in [1.54, 1.807) is 6.92 Å². The van der Waals surface area contributed by atoms with Gasteiger partial charge in [0.2, 0.25) is 5.91 Å². The van der Waals surface area contributed by atoms with Crippen LogP contribution in [0.15, 0.2) is 42.5 Å². The zero-order valence-electron chi connectivity index (χ0n) is 22.7. The van der Waals surface area contributed by atoms with Crippen molar-refractivity contribution < 1.29 is 41.4 Å². The summed E-state index contributed by atoms with van der Waals surface area (Å²) in [7, 11) is 0. The van der Waals surface area contributed by atoms with E-state index < -0.39 is 53.6 Å². The second-order valence-electron chi connectivity index (χ2n) is 11.1. The second-order valence-corrected chi connectivity index (χ2v) is 11.1. The molecule has 1 amide bonds. The SMILES string of the molecule is C[C@@H](CN[C@@H](Cc1ccc(OC(F)(F)F)cc1)C(=O)O)NC(=O)[C@@H]1CN(C(C)(C)C)C[C@H]1c1ccc(F)cc1F. The van der Waals surface area contributed by atoms with Gasteiger partial charge >= 0.3 is 12.3 Å². The number of rotatable bonds is 10. The summed E-state index contributed by atoms with van der Waals surface area (Å²) in [5.41, 5.74) is 0.447. The van der Waals surface area contributed by atoms with E-state index in [1.165, 1.54) is 24.3 Å². The summed E-state index contributed by atoms with van der Waals surface area (Å²) in [6.07, 6.45) is -4.85. The van der Waals surface area contributed by atoms with Gasteiger partial charge in [0.1, 0.15) is 23.4 Å². The van der Waals surface area contributed by atoms with E-state index in [0.717, 1.165) is 18.2 Å². The number of carbonyl (C=O) groups excluding carboxylic acids is 1. The predicted octanol–water partition coefficient (Wildman–Crippen LogP) is 4.47. The molecule has 1 aliphatic heterocycles. The number of benzene rings is 2. The van der Waals surface area contributed by atoms with E-state index in [1.807, 2.05) is 20.8 Å². The van der Waals surface area contributed by atoms with Gasteiger partial charge < -0.3 is 20.5 Å². The number of nitrogens with one attached hydrogen (secondary N) is 2. The normalized spacial score (nSPS) is 19.7. The molecule has 0 unspecified atom stereocenters.